The molecule has 0 saturated heterocycles. The van der Waals surface area contributed by atoms with Crippen molar-refractivity contribution in [2.45, 2.75) is 6.10 Å². The molecule has 0 radical (unpaired) electrons. The molecule has 2 heterocycles. The Morgan fingerprint density at radius 1 is 1.28 bits per heavy atom. The molecule has 94 valence electrons. The summed E-state index contributed by atoms with van der Waals surface area (Å²) in [6.07, 6.45) is 1.00. The van der Waals surface area contributed by atoms with Crippen LogP contribution >= 0.6 is 0 Å². The van der Waals surface area contributed by atoms with Crippen molar-refractivity contribution in [3.05, 3.63) is 46.2 Å². The Morgan fingerprint density at radius 3 is 2.67 bits per heavy atom. The number of ether oxygens (including phenoxy) is 1. The van der Waals surface area contributed by atoms with E-state index in [1.165, 1.54) is 11.5 Å². The molecule has 0 amide bonds. The van der Waals surface area contributed by atoms with Gasteiger partial charge in [-0.25, -0.2) is 8.42 Å². The lowest BCUT2D eigenvalue weighted by Gasteiger charge is -2.06. The van der Waals surface area contributed by atoms with Gasteiger partial charge in [0.15, 0.2) is 0 Å². The van der Waals surface area contributed by atoms with Gasteiger partial charge in [-0.2, -0.15) is 0 Å². The summed E-state index contributed by atoms with van der Waals surface area (Å²) in [5, 5.41) is 1.18. The van der Waals surface area contributed by atoms with E-state index in [0.717, 1.165) is 5.56 Å². The van der Waals surface area contributed by atoms with Crippen molar-refractivity contribution >= 4 is 15.5 Å². The van der Waals surface area contributed by atoms with Crippen molar-refractivity contribution < 1.29 is 18.0 Å². The summed E-state index contributed by atoms with van der Waals surface area (Å²) in [7, 11) is -1.78. The molecule has 1 atom stereocenters. The smallest absolute Gasteiger partial charge is 0.200 e. The molecule has 0 aliphatic carbocycles. The van der Waals surface area contributed by atoms with E-state index in [1.807, 2.05) is 0 Å². The highest BCUT2D eigenvalue weighted by Crippen LogP contribution is 2.35. The average Bonchev–Trinajstić information content (AvgIpc) is 2.92. The fraction of sp³-hybridized carbons (Fsp3) is 0.167. The highest BCUT2D eigenvalue weighted by Gasteiger charge is 2.38. The van der Waals surface area contributed by atoms with Gasteiger partial charge in [-0.05, 0) is 30.3 Å². The lowest BCUT2D eigenvalue weighted by atomic mass is 10.1. The van der Waals surface area contributed by atoms with Crippen LogP contribution in [0.25, 0.3) is 5.70 Å². The highest BCUT2D eigenvalue weighted by molar-refractivity contribution is 7.98. The number of sulfone groups is 1. The molecule has 0 fully saturated rings. The second-order valence-electron chi connectivity index (χ2n) is 3.98. The number of methoxy groups -OCH3 is 1. The number of benzene rings is 1. The van der Waals surface area contributed by atoms with E-state index < -0.39 is 15.9 Å². The summed E-state index contributed by atoms with van der Waals surface area (Å²) >= 11 is 0. The van der Waals surface area contributed by atoms with E-state index >= 15 is 0 Å². The summed E-state index contributed by atoms with van der Waals surface area (Å²) in [5.41, 5.74) is 3.92. The zero-order valence-electron chi connectivity index (χ0n) is 9.58. The van der Waals surface area contributed by atoms with Crippen molar-refractivity contribution in [1.29, 1.82) is 0 Å². The van der Waals surface area contributed by atoms with Crippen molar-refractivity contribution in [3.63, 3.8) is 0 Å². The third-order valence-electron chi connectivity index (χ3n) is 2.91. The predicted molar refractivity (Wildman–Crippen MR) is 66.0 cm³/mol. The Labute approximate surface area is 105 Å². The molecule has 6 heteroatoms. The van der Waals surface area contributed by atoms with Crippen LogP contribution in [-0.4, -0.2) is 21.6 Å². The third kappa shape index (κ3) is 1.61. The minimum Gasteiger partial charge on any atom is -0.497 e. The first-order valence-electron chi connectivity index (χ1n) is 5.35. The van der Waals surface area contributed by atoms with Crippen LogP contribution in [0.3, 0.4) is 0 Å². The van der Waals surface area contributed by atoms with Gasteiger partial charge >= 0.3 is 0 Å². The van der Waals surface area contributed by atoms with Crippen LogP contribution in [0.4, 0.5) is 0 Å². The van der Waals surface area contributed by atoms with Crippen molar-refractivity contribution in [1.82, 2.24) is 5.48 Å². The number of hydrogen-bond acceptors (Lipinski definition) is 5. The maximum atomic E-state index is 11.9. The van der Waals surface area contributed by atoms with Crippen LogP contribution in [0.5, 0.6) is 5.75 Å². The monoisotopic (exact) mass is 265 g/mol. The summed E-state index contributed by atoms with van der Waals surface area (Å²) in [5.74, 6) is 0.715. The Kier molecular flexibility index (Phi) is 2.42. The first-order chi connectivity index (χ1) is 8.62. The number of fused-ring (bicyclic) bond motifs is 1. The summed E-state index contributed by atoms with van der Waals surface area (Å²) in [6.45, 7) is 0. The second kappa shape index (κ2) is 3.86. The van der Waals surface area contributed by atoms with Crippen molar-refractivity contribution in [2.24, 2.45) is 0 Å². The molecule has 3 rings (SSSR count). The molecule has 5 nitrogen and oxygen atoms in total. The fourth-order valence-corrected chi connectivity index (χ4v) is 3.40. The van der Waals surface area contributed by atoms with E-state index in [2.05, 4.69) is 5.48 Å². The van der Waals surface area contributed by atoms with Gasteiger partial charge in [0.1, 0.15) is 16.8 Å². The van der Waals surface area contributed by atoms with Gasteiger partial charge in [0.25, 0.3) is 0 Å². The second-order valence-corrected chi connectivity index (χ2v) is 5.78. The van der Waals surface area contributed by atoms with Crippen molar-refractivity contribution in [2.75, 3.05) is 7.11 Å². The molecule has 1 aromatic rings. The molecule has 0 aromatic heterocycles. The summed E-state index contributed by atoms with van der Waals surface area (Å²) < 4.78 is 28.8. The lowest BCUT2D eigenvalue weighted by Crippen LogP contribution is -2.09. The van der Waals surface area contributed by atoms with Crippen molar-refractivity contribution in [3.8, 4) is 5.75 Å². The lowest BCUT2D eigenvalue weighted by molar-refractivity contribution is 0.0777. The first kappa shape index (κ1) is 11.3. The van der Waals surface area contributed by atoms with Crippen LogP contribution in [0.2, 0.25) is 0 Å². The Balaban J connectivity index is 2.09. The van der Waals surface area contributed by atoms with Gasteiger partial charge in [-0.1, -0.05) is 0 Å². The van der Waals surface area contributed by atoms with E-state index in [4.69, 9.17) is 9.57 Å². The average molecular weight is 265 g/mol. The molecular weight excluding hydrogens is 254 g/mol. The quantitative estimate of drug-likeness (QED) is 0.870. The molecule has 0 saturated carbocycles. The van der Waals surface area contributed by atoms with E-state index in [1.54, 1.807) is 31.4 Å². The van der Waals surface area contributed by atoms with E-state index in [-0.39, 0.29) is 4.91 Å². The molecule has 1 unspecified atom stereocenters. The number of nitrogens with one attached hydrogen (secondary N) is 1. The molecular formula is C12H11NO4S. The number of hydrogen-bond donors (Lipinski definition) is 1. The van der Waals surface area contributed by atoms with Crippen LogP contribution in [0, 0.1) is 0 Å². The molecule has 2 aliphatic rings. The van der Waals surface area contributed by atoms with Gasteiger partial charge < -0.3 is 4.74 Å². The minimum atomic E-state index is -3.36. The van der Waals surface area contributed by atoms with Gasteiger partial charge in [0, 0.05) is 11.0 Å². The van der Waals surface area contributed by atoms with Crippen LogP contribution in [0.15, 0.2) is 40.7 Å². The Hall–Kier alpha value is -1.79. The molecule has 0 spiro atoms. The molecule has 1 aromatic carbocycles. The Bertz CT molecular complexity index is 643. The largest absolute Gasteiger partial charge is 0.497 e. The normalized spacial score (nSPS) is 23.9. The van der Waals surface area contributed by atoms with E-state index in [9.17, 15) is 8.42 Å². The van der Waals surface area contributed by atoms with Gasteiger partial charge in [-0.3, -0.25) is 10.3 Å². The zero-order chi connectivity index (χ0) is 12.8. The van der Waals surface area contributed by atoms with Crippen LogP contribution < -0.4 is 10.2 Å². The number of rotatable bonds is 2. The van der Waals surface area contributed by atoms with Gasteiger partial charge in [-0.15, -0.1) is 0 Å². The van der Waals surface area contributed by atoms with Crippen LogP contribution in [-0.2, 0) is 14.7 Å². The SMILES string of the molecule is COc1ccc(C2=C3C(C=CS3(=O)=O)ON2)cc1. The molecule has 1 N–H and O–H groups in total. The topological polar surface area (TPSA) is 64.6 Å². The molecule has 2 aliphatic heterocycles. The molecule has 18 heavy (non-hydrogen) atoms. The fourth-order valence-electron chi connectivity index (χ4n) is 2.01. The summed E-state index contributed by atoms with van der Waals surface area (Å²) in [6, 6.07) is 7.11. The maximum Gasteiger partial charge on any atom is 0.200 e. The van der Waals surface area contributed by atoms with Gasteiger partial charge in [0.2, 0.25) is 9.84 Å². The van der Waals surface area contributed by atoms with Crippen LogP contribution in [0.1, 0.15) is 5.56 Å². The van der Waals surface area contributed by atoms with Gasteiger partial charge in [0.05, 0.1) is 12.8 Å². The maximum absolute atomic E-state index is 11.9. The van der Waals surface area contributed by atoms with E-state index in [0.29, 0.717) is 11.4 Å². The molecule has 0 bridgehead atoms. The third-order valence-corrected chi connectivity index (χ3v) is 4.48. The number of hydroxylamine groups is 1. The predicted octanol–water partition coefficient (Wildman–Crippen LogP) is 1.21. The Morgan fingerprint density at radius 2 is 2.00 bits per heavy atom. The highest BCUT2D eigenvalue weighted by atomic mass is 32.2. The standard InChI is InChI=1S/C12H11NO4S/c1-16-9-4-2-8(3-5-9)11-12-10(17-13-11)6-7-18(12,14)15/h2-7,10,13H,1H3. The summed E-state index contributed by atoms with van der Waals surface area (Å²) in [4.78, 5) is 5.49. The minimum absolute atomic E-state index is 0.271. The first-order valence-corrected chi connectivity index (χ1v) is 6.90. The zero-order valence-corrected chi connectivity index (χ0v) is 10.4.